The predicted octanol–water partition coefficient (Wildman–Crippen LogP) is 2.54. The molecule has 1 fully saturated rings. The highest BCUT2D eigenvalue weighted by Gasteiger charge is 2.23. The van der Waals surface area contributed by atoms with E-state index < -0.39 is 0 Å². The Bertz CT molecular complexity index is 594. The van der Waals surface area contributed by atoms with Gasteiger partial charge in [0.15, 0.2) is 5.78 Å². The Hall–Kier alpha value is -2.04. The standard InChI is InChI=1S/C18H24N2O3/c1-13(21)14-7-8-17-16(11-14)20(9-10-23-17)12-18(22)19-15-5-3-2-4-6-15/h7-8,11,15H,2-6,9-10,12H2,1H3,(H,19,22). The molecule has 5 heteroatoms. The van der Waals surface area contributed by atoms with Crippen LogP contribution < -0.4 is 15.0 Å². The van der Waals surface area contributed by atoms with Gasteiger partial charge in [0, 0.05) is 11.6 Å². The van der Waals surface area contributed by atoms with Crippen LogP contribution in [-0.2, 0) is 4.79 Å². The average molecular weight is 316 g/mol. The molecule has 0 bridgehead atoms. The molecule has 2 aliphatic rings. The number of hydrogen-bond acceptors (Lipinski definition) is 4. The molecule has 1 heterocycles. The summed E-state index contributed by atoms with van der Waals surface area (Å²) < 4.78 is 5.64. The highest BCUT2D eigenvalue weighted by molar-refractivity contribution is 5.96. The summed E-state index contributed by atoms with van der Waals surface area (Å²) in [4.78, 5) is 25.9. The topological polar surface area (TPSA) is 58.6 Å². The van der Waals surface area contributed by atoms with Crippen LogP contribution >= 0.6 is 0 Å². The van der Waals surface area contributed by atoms with Crippen molar-refractivity contribution < 1.29 is 14.3 Å². The van der Waals surface area contributed by atoms with Crippen molar-refractivity contribution in [2.75, 3.05) is 24.6 Å². The lowest BCUT2D eigenvalue weighted by Crippen LogP contribution is -2.45. The second kappa shape index (κ2) is 7.02. The molecule has 1 aliphatic heterocycles. The summed E-state index contributed by atoms with van der Waals surface area (Å²) in [6, 6.07) is 5.73. The third kappa shape index (κ3) is 3.84. The Morgan fingerprint density at radius 2 is 2.04 bits per heavy atom. The number of ether oxygens (including phenoxy) is 1. The van der Waals surface area contributed by atoms with E-state index in [0.717, 1.165) is 24.3 Å². The first kappa shape index (κ1) is 15.8. The molecule has 0 unspecified atom stereocenters. The summed E-state index contributed by atoms with van der Waals surface area (Å²) in [5, 5.41) is 3.15. The average Bonchev–Trinajstić information content (AvgIpc) is 2.55. The number of fused-ring (bicyclic) bond motifs is 1. The maximum absolute atomic E-state index is 12.3. The maximum Gasteiger partial charge on any atom is 0.239 e. The van der Waals surface area contributed by atoms with Crippen LogP contribution in [0, 0.1) is 0 Å². The van der Waals surface area contributed by atoms with E-state index in [4.69, 9.17) is 4.74 Å². The maximum atomic E-state index is 12.3. The van der Waals surface area contributed by atoms with Gasteiger partial charge >= 0.3 is 0 Å². The van der Waals surface area contributed by atoms with Gasteiger partial charge in [0.05, 0.1) is 18.8 Å². The highest BCUT2D eigenvalue weighted by atomic mass is 16.5. The fourth-order valence-electron chi connectivity index (χ4n) is 3.35. The van der Waals surface area contributed by atoms with Crippen molar-refractivity contribution >= 4 is 17.4 Å². The van der Waals surface area contributed by atoms with Gasteiger partial charge < -0.3 is 15.0 Å². The van der Waals surface area contributed by atoms with Crippen molar-refractivity contribution in [3.05, 3.63) is 23.8 Å². The molecular formula is C18H24N2O3. The fourth-order valence-corrected chi connectivity index (χ4v) is 3.35. The second-order valence-corrected chi connectivity index (χ2v) is 6.41. The first-order valence-corrected chi connectivity index (χ1v) is 8.45. The van der Waals surface area contributed by atoms with Crippen LogP contribution in [0.5, 0.6) is 5.75 Å². The van der Waals surface area contributed by atoms with E-state index in [1.165, 1.54) is 19.3 Å². The van der Waals surface area contributed by atoms with Crippen LogP contribution in [-0.4, -0.2) is 37.4 Å². The number of anilines is 1. The van der Waals surface area contributed by atoms with E-state index in [2.05, 4.69) is 5.32 Å². The zero-order valence-electron chi connectivity index (χ0n) is 13.6. The first-order valence-electron chi connectivity index (χ1n) is 8.45. The van der Waals surface area contributed by atoms with Crippen LogP contribution in [0.1, 0.15) is 49.4 Å². The lowest BCUT2D eigenvalue weighted by molar-refractivity contribution is -0.120. The number of carbonyl (C=O) groups is 2. The van der Waals surface area contributed by atoms with E-state index in [9.17, 15) is 9.59 Å². The molecule has 1 saturated carbocycles. The molecule has 1 amide bonds. The Morgan fingerprint density at radius 1 is 1.26 bits per heavy atom. The molecule has 5 nitrogen and oxygen atoms in total. The number of rotatable bonds is 4. The van der Waals surface area contributed by atoms with Crippen molar-refractivity contribution in [2.45, 2.75) is 45.1 Å². The van der Waals surface area contributed by atoms with Crippen LogP contribution in [0.15, 0.2) is 18.2 Å². The van der Waals surface area contributed by atoms with Gasteiger partial charge in [0.1, 0.15) is 12.4 Å². The van der Waals surface area contributed by atoms with E-state index in [1.54, 1.807) is 13.0 Å². The van der Waals surface area contributed by atoms with Gasteiger partial charge in [-0.05, 0) is 38.0 Å². The number of Topliss-reactive ketones (excluding diaryl/α,β-unsaturated/α-hetero) is 1. The molecule has 1 aromatic carbocycles. The Balaban J connectivity index is 1.68. The van der Waals surface area contributed by atoms with Crippen LogP contribution in [0.25, 0.3) is 0 Å². The lowest BCUT2D eigenvalue weighted by Gasteiger charge is -2.32. The molecule has 124 valence electrons. The van der Waals surface area contributed by atoms with Crippen molar-refractivity contribution in [1.82, 2.24) is 5.32 Å². The highest BCUT2D eigenvalue weighted by Crippen LogP contribution is 2.32. The van der Waals surface area contributed by atoms with Crippen molar-refractivity contribution in [2.24, 2.45) is 0 Å². The number of hydrogen-bond donors (Lipinski definition) is 1. The molecule has 0 radical (unpaired) electrons. The van der Waals surface area contributed by atoms with E-state index in [1.807, 2.05) is 17.0 Å². The fraction of sp³-hybridized carbons (Fsp3) is 0.556. The Morgan fingerprint density at radius 3 is 2.78 bits per heavy atom. The van der Waals surface area contributed by atoms with E-state index in [-0.39, 0.29) is 11.7 Å². The SMILES string of the molecule is CC(=O)c1ccc2c(c1)N(CC(=O)NC1CCCCC1)CCO2. The third-order valence-corrected chi connectivity index (χ3v) is 4.63. The van der Waals surface area contributed by atoms with Gasteiger partial charge in [0.2, 0.25) is 5.91 Å². The van der Waals surface area contributed by atoms with Crippen molar-refractivity contribution in [3.8, 4) is 5.75 Å². The van der Waals surface area contributed by atoms with Crippen LogP contribution in [0.3, 0.4) is 0 Å². The third-order valence-electron chi connectivity index (χ3n) is 4.63. The molecule has 23 heavy (non-hydrogen) atoms. The van der Waals surface area contributed by atoms with Crippen molar-refractivity contribution in [3.63, 3.8) is 0 Å². The number of benzene rings is 1. The molecule has 0 spiro atoms. The van der Waals surface area contributed by atoms with E-state index >= 15 is 0 Å². The smallest absolute Gasteiger partial charge is 0.239 e. The van der Waals surface area contributed by atoms with Gasteiger partial charge in [0.25, 0.3) is 0 Å². The summed E-state index contributed by atoms with van der Waals surface area (Å²) in [5.74, 6) is 0.815. The normalized spacial score (nSPS) is 18.0. The molecule has 1 aromatic rings. The second-order valence-electron chi connectivity index (χ2n) is 6.41. The molecule has 0 saturated heterocycles. The molecule has 1 N–H and O–H groups in total. The van der Waals surface area contributed by atoms with Gasteiger partial charge in [-0.25, -0.2) is 0 Å². The molecule has 0 atom stereocenters. The Labute approximate surface area is 137 Å². The van der Waals surface area contributed by atoms with Gasteiger partial charge in [-0.3, -0.25) is 9.59 Å². The molecule has 0 aromatic heterocycles. The number of carbonyl (C=O) groups excluding carboxylic acids is 2. The summed E-state index contributed by atoms with van der Waals surface area (Å²) in [7, 11) is 0. The number of nitrogens with zero attached hydrogens (tertiary/aromatic N) is 1. The number of amides is 1. The van der Waals surface area contributed by atoms with Crippen molar-refractivity contribution in [1.29, 1.82) is 0 Å². The lowest BCUT2D eigenvalue weighted by atomic mass is 9.95. The van der Waals surface area contributed by atoms with Gasteiger partial charge in [-0.2, -0.15) is 0 Å². The minimum atomic E-state index is 0.0185. The van der Waals surface area contributed by atoms with Gasteiger partial charge in [-0.15, -0.1) is 0 Å². The number of ketones is 1. The summed E-state index contributed by atoms with van der Waals surface area (Å²) in [6.45, 7) is 3.08. The Kier molecular flexibility index (Phi) is 4.84. The quantitative estimate of drug-likeness (QED) is 0.867. The predicted molar refractivity (Wildman–Crippen MR) is 89.2 cm³/mol. The molecule has 3 rings (SSSR count). The summed E-state index contributed by atoms with van der Waals surface area (Å²) in [6.07, 6.45) is 5.84. The monoisotopic (exact) mass is 316 g/mol. The van der Waals surface area contributed by atoms with Gasteiger partial charge in [-0.1, -0.05) is 19.3 Å². The number of nitrogens with one attached hydrogen (secondary N) is 1. The largest absolute Gasteiger partial charge is 0.490 e. The minimum Gasteiger partial charge on any atom is -0.490 e. The van der Waals surface area contributed by atoms with Crippen LogP contribution in [0.4, 0.5) is 5.69 Å². The zero-order chi connectivity index (χ0) is 16.2. The first-order chi connectivity index (χ1) is 11.1. The summed E-state index contributed by atoms with van der Waals surface area (Å²) >= 11 is 0. The summed E-state index contributed by atoms with van der Waals surface area (Å²) in [5.41, 5.74) is 1.48. The van der Waals surface area contributed by atoms with E-state index in [0.29, 0.717) is 31.3 Å². The molecular weight excluding hydrogens is 292 g/mol. The van der Waals surface area contributed by atoms with Crippen LogP contribution in [0.2, 0.25) is 0 Å². The zero-order valence-corrected chi connectivity index (χ0v) is 13.6. The molecule has 1 aliphatic carbocycles. The minimum absolute atomic E-state index is 0.0185.